The Morgan fingerprint density at radius 1 is 1.09 bits per heavy atom. The molecule has 23 heavy (non-hydrogen) atoms. The summed E-state index contributed by atoms with van der Waals surface area (Å²) in [6, 6.07) is 6.36. The summed E-state index contributed by atoms with van der Waals surface area (Å²) in [7, 11) is 0. The zero-order valence-corrected chi connectivity index (χ0v) is 14.0. The van der Waals surface area contributed by atoms with Crippen LogP contribution in [0.25, 0.3) is 10.1 Å². The maximum atomic E-state index is 13.3. The molecule has 0 radical (unpaired) electrons. The lowest BCUT2D eigenvalue weighted by Crippen LogP contribution is -2.51. The Morgan fingerprint density at radius 3 is 2.39 bits per heavy atom. The minimum atomic E-state index is -0.292. The minimum Gasteiger partial charge on any atom is -0.339 e. The molecule has 122 valence electrons. The second-order valence-corrected chi connectivity index (χ2v) is 7.15. The largest absolute Gasteiger partial charge is 0.339 e. The van der Waals surface area contributed by atoms with E-state index in [-0.39, 0.29) is 23.5 Å². The Kier molecular flexibility index (Phi) is 4.35. The van der Waals surface area contributed by atoms with Crippen molar-refractivity contribution < 1.29 is 14.0 Å². The Bertz CT molecular complexity index is 748. The zero-order chi connectivity index (χ0) is 16.6. The van der Waals surface area contributed by atoms with Crippen molar-refractivity contribution in [3.63, 3.8) is 0 Å². The Morgan fingerprint density at radius 2 is 1.74 bits per heavy atom. The van der Waals surface area contributed by atoms with E-state index in [0.29, 0.717) is 31.1 Å². The van der Waals surface area contributed by atoms with Gasteiger partial charge in [-0.05, 0) is 23.6 Å². The monoisotopic (exact) mass is 334 g/mol. The van der Waals surface area contributed by atoms with Crippen molar-refractivity contribution in [2.45, 2.75) is 13.8 Å². The van der Waals surface area contributed by atoms with Crippen LogP contribution in [-0.4, -0.2) is 47.8 Å². The van der Waals surface area contributed by atoms with Crippen LogP contribution in [0.2, 0.25) is 0 Å². The molecule has 4 nitrogen and oxygen atoms in total. The van der Waals surface area contributed by atoms with Gasteiger partial charge in [0.2, 0.25) is 5.91 Å². The van der Waals surface area contributed by atoms with Crippen molar-refractivity contribution in [2.75, 3.05) is 26.2 Å². The molecule has 2 heterocycles. The molecule has 1 aliphatic heterocycles. The molecule has 0 saturated carbocycles. The van der Waals surface area contributed by atoms with E-state index in [1.54, 1.807) is 11.0 Å². The molecule has 0 bridgehead atoms. The molecule has 0 spiro atoms. The van der Waals surface area contributed by atoms with Gasteiger partial charge in [0.25, 0.3) is 5.91 Å². The number of amides is 2. The van der Waals surface area contributed by atoms with Crippen LogP contribution in [0, 0.1) is 11.7 Å². The van der Waals surface area contributed by atoms with E-state index < -0.39 is 0 Å². The lowest BCUT2D eigenvalue weighted by atomic mass is 10.1. The molecule has 0 aliphatic carbocycles. The Balaban J connectivity index is 1.70. The summed E-state index contributed by atoms with van der Waals surface area (Å²) < 4.78 is 14.0. The molecular weight excluding hydrogens is 315 g/mol. The van der Waals surface area contributed by atoms with Crippen LogP contribution in [0.5, 0.6) is 0 Å². The molecule has 0 atom stereocenters. The van der Waals surface area contributed by atoms with Gasteiger partial charge in [0, 0.05) is 36.8 Å². The van der Waals surface area contributed by atoms with E-state index >= 15 is 0 Å². The summed E-state index contributed by atoms with van der Waals surface area (Å²) in [4.78, 5) is 28.8. The highest BCUT2D eigenvalue weighted by Gasteiger charge is 2.26. The van der Waals surface area contributed by atoms with Gasteiger partial charge < -0.3 is 9.80 Å². The average molecular weight is 334 g/mol. The van der Waals surface area contributed by atoms with Crippen molar-refractivity contribution in [3.05, 3.63) is 35.0 Å². The molecule has 6 heteroatoms. The number of thiophene rings is 1. The summed E-state index contributed by atoms with van der Waals surface area (Å²) in [5.41, 5.74) is 0. The number of rotatable bonds is 2. The van der Waals surface area contributed by atoms with Gasteiger partial charge >= 0.3 is 0 Å². The molecule has 1 aromatic heterocycles. The predicted molar refractivity (Wildman–Crippen MR) is 89.1 cm³/mol. The SMILES string of the molecule is CC(C)C(=O)N1CCN(C(=O)c2cc3ccc(F)cc3s2)CC1. The third kappa shape index (κ3) is 3.22. The molecule has 3 rings (SSSR count). The first-order valence-corrected chi connectivity index (χ1v) is 8.54. The zero-order valence-electron chi connectivity index (χ0n) is 13.2. The quantitative estimate of drug-likeness (QED) is 0.847. The van der Waals surface area contributed by atoms with Crippen LogP contribution in [0.4, 0.5) is 4.39 Å². The van der Waals surface area contributed by atoms with Gasteiger partial charge in [0.15, 0.2) is 0 Å². The summed E-state index contributed by atoms with van der Waals surface area (Å²) in [6.07, 6.45) is 0. The normalized spacial score (nSPS) is 15.5. The summed E-state index contributed by atoms with van der Waals surface area (Å²) in [5, 5.41) is 0.883. The van der Waals surface area contributed by atoms with E-state index in [4.69, 9.17) is 0 Å². The van der Waals surface area contributed by atoms with Crippen molar-refractivity contribution in [2.24, 2.45) is 5.92 Å². The van der Waals surface area contributed by atoms with Crippen molar-refractivity contribution in [1.29, 1.82) is 0 Å². The smallest absolute Gasteiger partial charge is 0.264 e. The first-order chi connectivity index (χ1) is 11.0. The molecule has 0 unspecified atom stereocenters. The van der Waals surface area contributed by atoms with Crippen LogP contribution in [0.1, 0.15) is 23.5 Å². The summed E-state index contributed by atoms with van der Waals surface area (Å²) in [5.74, 6) is -0.216. The number of hydrogen-bond acceptors (Lipinski definition) is 3. The highest BCUT2D eigenvalue weighted by atomic mass is 32.1. The second-order valence-electron chi connectivity index (χ2n) is 6.06. The maximum absolute atomic E-state index is 13.3. The fourth-order valence-electron chi connectivity index (χ4n) is 2.76. The van der Waals surface area contributed by atoms with Gasteiger partial charge in [-0.3, -0.25) is 9.59 Å². The van der Waals surface area contributed by atoms with Gasteiger partial charge in [-0.1, -0.05) is 19.9 Å². The number of fused-ring (bicyclic) bond motifs is 1. The van der Waals surface area contributed by atoms with E-state index in [2.05, 4.69) is 0 Å². The lowest BCUT2D eigenvalue weighted by molar-refractivity contribution is -0.135. The van der Waals surface area contributed by atoms with Crippen LogP contribution >= 0.6 is 11.3 Å². The third-order valence-corrected chi connectivity index (χ3v) is 5.15. The fourth-order valence-corrected chi connectivity index (χ4v) is 3.82. The number of carbonyl (C=O) groups is 2. The first kappa shape index (κ1) is 15.9. The number of nitrogens with zero attached hydrogens (tertiary/aromatic N) is 2. The molecule has 2 amide bonds. The fraction of sp³-hybridized carbons (Fsp3) is 0.412. The van der Waals surface area contributed by atoms with Gasteiger partial charge in [0.1, 0.15) is 5.82 Å². The van der Waals surface area contributed by atoms with E-state index in [1.165, 1.54) is 23.5 Å². The van der Waals surface area contributed by atoms with Gasteiger partial charge in [0.05, 0.1) is 4.88 Å². The van der Waals surface area contributed by atoms with Crippen molar-refractivity contribution >= 4 is 33.2 Å². The second kappa shape index (κ2) is 6.28. The molecule has 1 fully saturated rings. The third-order valence-electron chi connectivity index (χ3n) is 4.07. The van der Waals surface area contributed by atoms with Gasteiger partial charge in [-0.2, -0.15) is 0 Å². The van der Waals surface area contributed by atoms with Crippen LogP contribution in [-0.2, 0) is 4.79 Å². The number of benzene rings is 1. The van der Waals surface area contributed by atoms with Crippen molar-refractivity contribution in [1.82, 2.24) is 9.80 Å². The number of carbonyl (C=O) groups excluding carboxylic acids is 2. The van der Waals surface area contributed by atoms with Crippen LogP contribution in [0.15, 0.2) is 24.3 Å². The lowest BCUT2D eigenvalue weighted by Gasteiger charge is -2.35. The minimum absolute atomic E-state index is 0.0188. The number of halogens is 1. The maximum Gasteiger partial charge on any atom is 0.264 e. The van der Waals surface area contributed by atoms with E-state index in [0.717, 1.165) is 10.1 Å². The van der Waals surface area contributed by atoms with Crippen LogP contribution in [0.3, 0.4) is 0 Å². The topological polar surface area (TPSA) is 40.6 Å². The summed E-state index contributed by atoms with van der Waals surface area (Å²) >= 11 is 1.31. The van der Waals surface area contributed by atoms with Crippen molar-refractivity contribution in [3.8, 4) is 0 Å². The average Bonchev–Trinajstić information content (AvgIpc) is 2.96. The van der Waals surface area contributed by atoms with Gasteiger partial charge in [-0.15, -0.1) is 11.3 Å². The molecule has 1 saturated heterocycles. The number of hydrogen-bond donors (Lipinski definition) is 0. The standard InChI is InChI=1S/C17H19FN2O2S/c1-11(2)16(21)19-5-7-20(8-6-19)17(22)15-9-12-3-4-13(18)10-14(12)23-15/h3-4,9-11H,5-8H2,1-2H3. The molecule has 0 N–H and O–H groups in total. The number of piperazine rings is 1. The highest BCUT2D eigenvalue weighted by Crippen LogP contribution is 2.27. The van der Waals surface area contributed by atoms with Crippen LogP contribution < -0.4 is 0 Å². The Labute approximate surface area is 138 Å². The first-order valence-electron chi connectivity index (χ1n) is 7.73. The molecule has 2 aromatic rings. The van der Waals surface area contributed by atoms with E-state index in [9.17, 15) is 14.0 Å². The molecular formula is C17H19FN2O2S. The molecule has 1 aromatic carbocycles. The van der Waals surface area contributed by atoms with E-state index in [1.807, 2.05) is 24.8 Å². The molecule has 1 aliphatic rings. The van der Waals surface area contributed by atoms with Gasteiger partial charge in [-0.25, -0.2) is 4.39 Å². The predicted octanol–water partition coefficient (Wildman–Crippen LogP) is 2.98. The summed E-state index contributed by atoms with van der Waals surface area (Å²) in [6.45, 7) is 6.00. The highest BCUT2D eigenvalue weighted by molar-refractivity contribution is 7.20. The Hall–Kier alpha value is -1.95.